The van der Waals surface area contributed by atoms with Gasteiger partial charge in [-0.05, 0) is 39.7 Å². The maximum absolute atomic E-state index is 5.94. The smallest absolute Gasteiger partial charge is 0.223 e. The summed E-state index contributed by atoms with van der Waals surface area (Å²) < 4.78 is 0. The SMILES string of the molecule is CNC1CCN(c2cc(N3CCCC3C)nc(N)n2)CC1. The van der Waals surface area contributed by atoms with Gasteiger partial charge >= 0.3 is 0 Å². The van der Waals surface area contributed by atoms with Crippen molar-refractivity contribution in [2.75, 3.05) is 42.2 Å². The molecule has 2 saturated heterocycles. The fourth-order valence-corrected chi connectivity index (χ4v) is 3.42. The fourth-order valence-electron chi connectivity index (χ4n) is 3.42. The van der Waals surface area contributed by atoms with Crippen molar-refractivity contribution in [1.29, 1.82) is 0 Å². The molecule has 3 rings (SSSR count). The molecule has 6 nitrogen and oxygen atoms in total. The summed E-state index contributed by atoms with van der Waals surface area (Å²) in [5.41, 5.74) is 5.94. The van der Waals surface area contributed by atoms with Crippen LogP contribution in [-0.4, -0.2) is 48.7 Å². The minimum atomic E-state index is 0.386. The Morgan fingerprint density at radius 1 is 1.14 bits per heavy atom. The Bertz CT molecular complexity index is 483. The molecule has 21 heavy (non-hydrogen) atoms. The van der Waals surface area contributed by atoms with E-state index in [0.29, 0.717) is 18.0 Å². The number of nitrogen functional groups attached to an aromatic ring is 1. The van der Waals surface area contributed by atoms with Crippen LogP contribution in [0.2, 0.25) is 0 Å². The molecule has 1 aromatic heterocycles. The minimum Gasteiger partial charge on any atom is -0.368 e. The molecule has 1 atom stereocenters. The van der Waals surface area contributed by atoms with E-state index in [4.69, 9.17) is 5.73 Å². The molecule has 0 spiro atoms. The van der Waals surface area contributed by atoms with Crippen LogP contribution in [0.4, 0.5) is 17.6 Å². The molecule has 1 aromatic rings. The molecule has 3 heterocycles. The predicted octanol–water partition coefficient (Wildman–Crippen LogP) is 1.24. The number of nitrogens with zero attached hydrogens (tertiary/aromatic N) is 4. The van der Waals surface area contributed by atoms with Gasteiger partial charge < -0.3 is 20.9 Å². The Hall–Kier alpha value is -1.56. The first kappa shape index (κ1) is 14.4. The number of anilines is 3. The highest BCUT2D eigenvalue weighted by Gasteiger charge is 2.24. The van der Waals surface area contributed by atoms with Gasteiger partial charge in [0.2, 0.25) is 5.95 Å². The molecule has 0 amide bonds. The van der Waals surface area contributed by atoms with Gasteiger partial charge in [-0.25, -0.2) is 0 Å². The molecule has 1 unspecified atom stereocenters. The third-order valence-corrected chi connectivity index (χ3v) is 4.79. The van der Waals surface area contributed by atoms with Crippen LogP contribution in [0, 0.1) is 0 Å². The molecule has 0 radical (unpaired) electrons. The summed E-state index contributed by atoms with van der Waals surface area (Å²) in [6.45, 7) is 5.37. The summed E-state index contributed by atoms with van der Waals surface area (Å²) in [6, 6.07) is 3.28. The zero-order valence-electron chi connectivity index (χ0n) is 13.0. The molecule has 2 aliphatic heterocycles. The number of nitrogens with two attached hydrogens (primary N) is 1. The summed E-state index contributed by atoms with van der Waals surface area (Å²) in [5, 5.41) is 3.36. The Morgan fingerprint density at radius 2 is 1.86 bits per heavy atom. The van der Waals surface area contributed by atoms with Gasteiger partial charge in [-0.1, -0.05) is 0 Å². The topological polar surface area (TPSA) is 70.3 Å². The predicted molar refractivity (Wildman–Crippen MR) is 86.8 cm³/mol. The van der Waals surface area contributed by atoms with Crippen LogP contribution < -0.4 is 20.9 Å². The largest absolute Gasteiger partial charge is 0.368 e. The molecule has 0 bridgehead atoms. The number of piperidine rings is 1. The summed E-state index contributed by atoms with van der Waals surface area (Å²) in [6.07, 6.45) is 4.76. The number of nitrogens with one attached hydrogen (secondary N) is 1. The van der Waals surface area contributed by atoms with E-state index in [0.717, 1.165) is 44.1 Å². The van der Waals surface area contributed by atoms with Crippen LogP contribution in [0.5, 0.6) is 0 Å². The average Bonchev–Trinajstić information content (AvgIpc) is 2.93. The number of hydrogen-bond acceptors (Lipinski definition) is 6. The van der Waals surface area contributed by atoms with Gasteiger partial charge in [-0.3, -0.25) is 0 Å². The van der Waals surface area contributed by atoms with Crippen LogP contribution in [0.25, 0.3) is 0 Å². The van der Waals surface area contributed by atoms with Crippen molar-refractivity contribution in [3.8, 4) is 0 Å². The quantitative estimate of drug-likeness (QED) is 0.873. The third-order valence-electron chi connectivity index (χ3n) is 4.79. The van der Waals surface area contributed by atoms with E-state index in [9.17, 15) is 0 Å². The molecule has 6 heteroatoms. The zero-order valence-corrected chi connectivity index (χ0v) is 13.0. The van der Waals surface area contributed by atoms with Crippen LogP contribution >= 0.6 is 0 Å². The van der Waals surface area contributed by atoms with Crippen molar-refractivity contribution in [1.82, 2.24) is 15.3 Å². The van der Waals surface area contributed by atoms with E-state index in [1.807, 2.05) is 7.05 Å². The first-order chi connectivity index (χ1) is 10.2. The first-order valence-corrected chi connectivity index (χ1v) is 8.01. The lowest BCUT2D eigenvalue weighted by molar-refractivity contribution is 0.441. The highest BCUT2D eigenvalue weighted by molar-refractivity contribution is 5.55. The lowest BCUT2D eigenvalue weighted by atomic mass is 10.1. The number of rotatable bonds is 3. The maximum atomic E-state index is 5.94. The number of aromatic nitrogens is 2. The molecule has 0 saturated carbocycles. The van der Waals surface area contributed by atoms with Crippen LogP contribution in [0.3, 0.4) is 0 Å². The molecule has 2 aliphatic rings. The van der Waals surface area contributed by atoms with Gasteiger partial charge in [0.1, 0.15) is 11.6 Å². The van der Waals surface area contributed by atoms with E-state index in [2.05, 4.69) is 38.1 Å². The summed E-state index contributed by atoms with van der Waals surface area (Å²) in [4.78, 5) is 13.6. The molecule has 2 fully saturated rings. The second kappa shape index (κ2) is 6.05. The summed E-state index contributed by atoms with van der Waals surface area (Å²) in [7, 11) is 2.04. The van der Waals surface area contributed by atoms with Gasteiger partial charge in [0.15, 0.2) is 0 Å². The van der Waals surface area contributed by atoms with Gasteiger partial charge in [0, 0.05) is 37.8 Å². The van der Waals surface area contributed by atoms with Crippen molar-refractivity contribution in [3.05, 3.63) is 6.07 Å². The monoisotopic (exact) mass is 290 g/mol. The number of hydrogen-bond donors (Lipinski definition) is 2. The zero-order chi connectivity index (χ0) is 14.8. The summed E-state index contributed by atoms with van der Waals surface area (Å²) in [5.74, 6) is 2.35. The highest BCUT2D eigenvalue weighted by atomic mass is 15.3. The minimum absolute atomic E-state index is 0.386. The van der Waals surface area contributed by atoms with E-state index in [-0.39, 0.29) is 0 Å². The molecule has 116 valence electrons. The normalized spacial score (nSPS) is 23.8. The van der Waals surface area contributed by atoms with Gasteiger partial charge in [-0.15, -0.1) is 0 Å². The van der Waals surface area contributed by atoms with E-state index < -0.39 is 0 Å². The lowest BCUT2D eigenvalue weighted by Crippen LogP contribution is -2.41. The molecular weight excluding hydrogens is 264 g/mol. The Morgan fingerprint density at radius 3 is 2.48 bits per heavy atom. The molecule has 0 aromatic carbocycles. The van der Waals surface area contributed by atoms with Gasteiger partial charge in [-0.2, -0.15) is 9.97 Å². The molecule has 0 aliphatic carbocycles. The van der Waals surface area contributed by atoms with E-state index in [1.54, 1.807) is 0 Å². The van der Waals surface area contributed by atoms with Crippen molar-refractivity contribution in [3.63, 3.8) is 0 Å². The van der Waals surface area contributed by atoms with Crippen molar-refractivity contribution in [2.45, 2.75) is 44.7 Å². The summed E-state index contributed by atoms with van der Waals surface area (Å²) >= 11 is 0. The van der Waals surface area contributed by atoms with Gasteiger partial charge in [0.25, 0.3) is 0 Å². The third kappa shape index (κ3) is 3.05. The highest BCUT2D eigenvalue weighted by Crippen LogP contribution is 2.28. The standard InChI is InChI=1S/C15H26N6/c1-11-4-3-7-21(11)14-10-13(18-15(16)19-14)20-8-5-12(17-2)6-9-20/h10-12,17H,3-9H2,1-2H3,(H2,16,18,19). The Kier molecular flexibility index (Phi) is 4.14. The first-order valence-electron chi connectivity index (χ1n) is 8.01. The van der Waals surface area contributed by atoms with Crippen LogP contribution in [-0.2, 0) is 0 Å². The van der Waals surface area contributed by atoms with Crippen LogP contribution in [0.15, 0.2) is 6.07 Å². The Balaban J connectivity index is 1.78. The second-order valence-electron chi connectivity index (χ2n) is 6.18. The van der Waals surface area contributed by atoms with Crippen molar-refractivity contribution < 1.29 is 0 Å². The fraction of sp³-hybridized carbons (Fsp3) is 0.733. The van der Waals surface area contributed by atoms with Crippen LogP contribution in [0.1, 0.15) is 32.6 Å². The van der Waals surface area contributed by atoms with Gasteiger partial charge in [0.05, 0.1) is 0 Å². The molecule has 3 N–H and O–H groups in total. The molecular formula is C15H26N6. The Labute approximate surface area is 126 Å². The van der Waals surface area contributed by atoms with Crippen molar-refractivity contribution >= 4 is 17.6 Å². The van der Waals surface area contributed by atoms with E-state index in [1.165, 1.54) is 12.8 Å². The lowest BCUT2D eigenvalue weighted by Gasteiger charge is -2.33. The average molecular weight is 290 g/mol. The second-order valence-corrected chi connectivity index (χ2v) is 6.18. The van der Waals surface area contributed by atoms with Crippen molar-refractivity contribution in [2.24, 2.45) is 0 Å². The maximum Gasteiger partial charge on any atom is 0.223 e. The van der Waals surface area contributed by atoms with E-state index >= 15 is 0 Å².